The number of pyridine rings is 2. The molecule has 0 unspecified atom stereocenters. The molecular formula is C76H58N4. The average molecular weight is 1030 g/mol. The molecule has 2 aliphatic rings. The molecule has 2 heterocycles. The molecule has 80 heavy (non-hydrogen) atoms. The predicted octanol–water partition coefficient (Wildman–Crippen LogP) is 20.5. The van der Waals surface area contributed by atoms with Crippen LogP contribution in [0.25, 0.3) is 87.6 Å². The average Bonchev–Trinajstić information content (AvgIpc) is 3.70. The highest BCUT2D eigenvalue weighted by molar-refractivity contribution is 6.23. The highest BCUT2D eigenvalue weighted by Crippen LogP contribution is 2.50. The molecule has 0 amide bonds. The van der Waals surface area contributed by atoms with E-state index in [0.29, 0.717) is 0 Å². The first-order valence-electron chi connectivity index (χ1n) is 28.5. The Morgan fingerprint density at radius 1 is 0.263 bits per heavy atom. The normalized spacial score (nSPS) is 13.1. The van der Waals surface area contributed by atoms with Crippen molar-refractivity contribution >= 4 is 77.2 Å². The van der Waals surface area contributed by atoms with Gasteiger partial charge in [0.05, 0.1) is 0 Å². The fourth-order valence-electron chi connectivity index (χ4n) is 13.5. The van der Waals surface area contributed by atoms with Crippen molar-refractivity contribution in [2.45, 2.75) is 51.4 Å². The van der Waals surface area contributed by atoms with E-state index in [-0.39, 0.29) is 0 Å². The maximum absolute atomic E-state index is 4.51. The van der Waals surface area contributed by atoms with Gasteiger partial charge in [0.1, 0.15) is 0 Å². The van der Waals surface area contributed by atoms with Crippen LogP contribution in [0.1, 0.15) is 47.9 Å². The Morgan fingerprint density at radius 2 is 0.637 bits per heavy atom. The fraction of sp³-hybridized carbons (Fsp3) is 0.105. The van der Waals surface area contributed by atoms with Gasteiger partial charge in [0.15, 0.2) is 0 Å². The summed E-state index contributed by atoms with van der Waals surface area (Å²) in [7, 11) is 0. The Balaban J connectivity index is 0.949. The zero-order valence-corrected chi connectivity index (χ0v) is 44.7. The summed E-state index contributed by atoms with van der Waals surface area (Å²) in [6.07, 6.45) is 16.8. The molecule has 2 aromatic heterocycles. The first-order chi connectivity index (χ1) is 39.7. The quantitative estimate of drug-likeness (QED) is 0.142. The Hall–Kier alpha value is -9.64. The summed E-state index contributed by atoms with van der Waals surface area (Å²) in [5, 5.41) is 9.84. The fourth-order valence-corrected chi connectivity index (χ4v) is 13.5. The third-order valence-electron chi connectivity index (χ3n) is 17.2. The molecule has 382 valence electrons. The summed E-state index contributed by atoms with van der Waals surface area (Å²) in [4.78, 5) is 13.9. The maximum Gasteiger partial charge on any atom is 0.0468 e. The standard InChI is InChI=1S/C76H58N4/c1-3-19-57(20-4-1)79(59-29-35-65-55(47-59)27-33-69-63-23-11-7-15-51(63)17-9-13-25-67(65)69)61-31-37-71-73(49-61)74-50-62(32-38-72(74)76(54-41-45-78-46-42-54)75(71)53-39-43-77-44-40-53)80(58-21-5-2-6-22-58)60-30-36-66-56(48-60)28-34-70-64-24-12-8-16-52(64)18-10-14-26-68(66)70/h1-8,11-12,15-16,19-24,27-50H,9-10,13-14,17-18,25-26H2. The molecule has 11 aromatic carbocycles. The highest BCUT2D eigenvalue weighted by atomic mass is 15.1. The molecule has 0 saturated carbocycles. The van der Waals surface area contributed by atoms with Crippen molar-refractivity contribution in [2.75, 3.05) is 9.80 Å². The molecule has 13 aromatic rings. The second-order valence-corrected chi connectivity index (χ2v) is 21.7. The van der Waals surface area contributed by atoms with Gasteiger partial charge in [-0.15, -0.1) is 0 Å². The molecule has 0 spiro atoms. The van der Waals surface area contributed by atoms with Crippen molar-refractivity contribution in [1.82, 2.24) is 9.97 Å². The molecule has 4 nitrogen and oxygen atoms in total. The third-order valence-corrected chi connectivity index (χ3v) is 17.2. The van der Waals surface area contributed by atoms with E-state index in [1.165, 1.54) is 103 Å². The first kappa shape index (κ1) is 47.6. The molecular weight excluding hydrogens is 969 g/mol. The van der Waals surface area contributed by atoms with Gasteiger partial charge in [-0.25, -0.2) is 0 Å². The Morgan fingerprint density at radius 3 is 1.07 bits per heavy atom. The van der Waals surface area contributed by atoms with E-state index in [1.807, 2.05) is 24.8 Å². The van der Waals surface area contributed by atoms with E-state index in [2.05, 4.69) is 250 Å². The van der Waals surface area contributed by atoms with Crippen LogP contribution in [0.4, 0.5) is 34.1 Å². The lowest BCUT2D eigenvalue weighted by Crippen LogP contribution is -2.11. The van der Waals surface area contributed by atoms with Crippen LogP contribution in [0.3, 0.4) is 0 Å². The van der Waals surface area contributed by atoms with Crippen molar-refractivity contribution in [3.05, 3.63) is 278 Å². The van der Waals surface area contributed by atoms with Crippen LogP contribution in [0, 0.1) is 0 Å². The summed E-state index contributed by atoms with van der Waals surface area (Å²) < 4.78 is 0. The summed E-state index contributed by atoms with van der Waals surface area (Å²) >= 11 is 0. The topological polar surface area (TPSA) is 32.3 Å². The Bertz CT molecular complexity index is 4190. The van der Waals surface area contributed by atoms with Crippen molar-refractivity contribution < 1.29 is 0 Å². The third kappa shape index (κ3) is 8.38. The summed E-state index contributed by atoms with van der Waals surface area (Å²) in [6.45, 7) is 0. The van der Waals surface area contributed by atoms with Crippen LogP contribution in [0.2, 0.25) is 0 Å². The molecule has 0 atom stereocenters. The largest absolute Gasteiger partial charge is 0.310 e. The summed E-state index contributed by atoms with van der Waals surface area (Å²) in [5.41, 5.74) is 22.5. The van der Waals surface area contributed by atoms with Gasteiger partial charge in [0, 0.05) is 58.9 Å². The molecule has 0 bridgehead atoms. The number of nitrogens with zero attached hydrogens (tertiary/aromatic N) is 4. The van der Waals surface area contributed by atoms with Crippen LogP contribution in [0.5, 0.6) is 0 Å². The highest BCUT2D eigenvalue weighted by Gasteiger charge is 2.24. The van der Waals surface area contributed by atoms with E-state index < -0.39 is 0 Å². The minimum absolute atomic E-state index is 1.07. The molecule has 4 heteroatoms. The van der Waals surface area contributed by atoms with Gasteiger partial charge in [0.2, 0.25) is 0 Å². The number of aryl methyl sites for hydroxylation is 4. The zero-order valence-electron chi connectivity index (χ0n) is 44.7. The van der Waals surface area contributed by atoms with Crippen LogP contribution >= 0.6 is 0 Å². The van der Waals surface area contributed by atoms with Gasteiger partial charge in [-0.05, 0) is 258 Å². The van der Waals surface area contributed by atoms with E-state index in [4.69, 9.17) is 0 Å². The van der Waals surface area contributed by atoms with Gasteiger partial charge < -0.3 is 9.80 Å². The molecule has 0 N–H and O–H groups in total. The van der Waals surface area contributed by atoms with Crippen LogP contribution in [-0.2, 0) is 25.7 Å². The second-order valence-electron chi connectivity index (χ2n) is 21.7. The van der Waals surface area contributed by atoms with Crippen molar-refractivity contribution in [3.63, 3.8) is 0 Å². The lowest BCUT2D eigenvalue weighted by atomic mass is 9.85. The molecule has 0 fully saturated rings. The minimum Gasteiger partial charge on any atom is -0.310 e. The molecule has 2 aliphatic carbocycles. The summed E-state index contributed by atoms with van der Waals surface area (Å²) in [5.74, 6) is 0. The summed E-state index contributed by atoms with van der Waals surface area (Å²) in [6, 6.07) is 86.3. The number of anilines is 6. The van der Waals surface area contributed by atoms with Crippen LogP contribution in [-0.4, -0.2) is 9.97 Å². The maximum atomic E-state index is 4.51. The number of fused-ring (bicyclic) bond motifs is 13. The molecule has 0 saturated heterocycles. The molecule has 0 aliphatic heterocycles. The number of aromatic nitrogens is 2. The monoisotopic (exact) mass is 1030 g/mol. The van der Waals surface area contributed by atoms with E-state index >= 15 is 0 Å². The number of hydrogen-bond donors (Lipinski definition) is 0. The van der Waals surface area contributed by atoms with Crippen LogP contribution < -0.4 is 9.80 Å². The lowest BCUT2D eigenvalue weighted by molar-refractivity contribution is 0.732. The van der Waals surface area contributed by atoms with Gasteiger partial charge in [-0.2, -0.15) is 0 Å². The second kappa shape index (κ2) is 20.3. The van der Waals surface area contributed by atoms with Crippen LogP contribution in [0.15, 0.2) is 255 Å². The van der Waals surface area contributed by atoms with Gasteiger partial charge >= 0.3 is 0 Å². The Labute approximate surface area is 467 Å². The lowest BCUT2D eigenvalue weighted by Gasteiger charge is -2.28. The van der Waals surface area contributed by atoms with E-state index in [9.17, 15) is 0 Å². The SMILES string of the molecule is c1ccc(N(c2ccc3c4c(ccc3c2)-c2ccccc2CCCC4)c2ccc3c(-c4ccncc4)c(-c4ccncc4)c4ccc(N(c5ccccc5)c5ccc6c7c(ccc6c5)-c5ccccc5CCCC7)cc4c3c2)cc1. The number of benzene rings is 11. The molecule has 0 radical (unpaired) electrons. The minimum atomic E-state index is 1.07. The first-order valence-corrected chi connectivity index (χ1v) is 28.5. The van der Waals surface area contributed by atoms with E-state index in [1.54, 1.807) is 0 Å². The number of para-hydroxylation sites is 2. The molecule has 15 rings (SSSR count). The number of rotatable bonds is 8. The van der Waals surface area contributed by atoms with Gasteiger partial charge in [-0.3, -0.25) is 9.97 Å². The zero-order chi connectivity index (χ0) is 52.9. The van der Waals surface area contributed by atoms with Gasteiger partial charge in [-0.1, -0.05) is 133 Å². The van der Waals surface area contributed by atoms with Crippen molar-refractivity contribution in [2.24, 2.45) is 0 Å². The van der Waals surface area contributed by atoms with E-state index in [0.717, 1.165) is 92.5 Å². The predicted molar refractivity (Wildman–Crippen MR) is 336 cm³/mol. The Kier molecular flexibility index (Phi) is 12.1. The smallest absolute Gasteiger partial charge is 0.0468 e. The van der Waals surface area contributed by atoms with Gasteiger partial charge in [0.25, 0.3) is 0 Å². The van der Waals surface area contributed by atoms with Crippen molar-refractivity contribution in [1.29, 1.82) is 0 Å². The van der Waals surface area contributed by atoms with Crippen molar-refractivity contribution in [3.8, 4) is 44.5 Å². The number of hydrogen-bond acceptors (Lipinski definition) is 4.